The molecule has 0 saturated carbocycles. The first-order valence-electron chi connectivity index (χ1n) is 8.27. The Morgan fingerprint density at radius 3 is 2.13 bits per heavy atom. The molecule has 0 atom stereocenters. The maximum absolute atomic E-state index is 12.7. The van der Waals surface area contributed by atoms with E-state index in [0.717, 1.165) is 12.1 Å². The number of amides is 2. The molecule has 0 heterocycles. The van der Waals surface area contributed by atoms with Gasteiger partial charge in [0.1, 0.15) is 4.90 Å². The van der Waals surface area contributed by atoms with Crippen LogP contribution in [0.4, 0.5) is 5.69 Å². The molecule has 0 spiro atoms. The summed E-state index contributed by atoms with van der Waals surface area (Å²) in [6, 6.07) is 6.64. The molecule has 2 aromatic rings. The van der Waals surface area contributed by atoms with Gasteiger partial charge in [0.15, 0.2) is 11.5 Å². The minimum absolute atomic E-state index is 0.0143. The summed E-state index contributed by atoms with van der Waals surface area (Å²) in [7, 11) is -0.00218. The lowest BCUT2D eigenvalue weighted by atomic mass is 10.2. The first-order chi connectivity index (χ1) is 14.2. The lowest BCUT2D eigenvalue weighted by Gasteiger charge is -2.15. The second-order valence-electron chi connectivity index (χ2n) is 5.69. The molecule has 30 heavy (non-hydrogen) atoms. The Hall–Kier alpha value is -3.24. The Labute approximate surface area is 178 Å². The minimum atomic E-state index is -4.30. The van der Waals surface area contributed by atoms with Crippen LogP contribution in [0.25, 0.3) is 0 Å². The van der Waals surface area contributed by atoms with Crippen molar-refractivity contribution in [3.63, 3.8) is 0 Å². The van der Waals surface area contributed by atoms with Crippen LogP contribution >= 0.6 is 11.6 Å². The number of ether oxygens (including phenoxy) is 3. The average molecular weight is 455 g/mol. The zero-order valence-corrected chi connectivity index (χ0v) is 17.9. The Morgan fingerprint density at radius 1 is 1.03 bits per heavy atom. The van der Waals surface area contributed by atoms with Gasteiger partial charge in [0.05, 0.1) is 26.4 Å². The lowest BCUT2D eigenvalue weighted by molar-refractivity contribution is -0.114. The summed E-state index contributed by atoms with van der Waals surface area (Å²) in [6.07, 6.45) is 0.798. The van der Waals surface area contributed by atoms with Gasteiger partial charge in [-0.3, -0.25) is 9.59 Å². The standard InChI is InChI=1S/C19H19ClN2O7S/c1-5-17(23)22-30(25,26)16-8-11(6-7-13(16)20)19(24)21-12-9-14(27-2)18(29-4)15(10-12)28-3/h5-10H,1H2,2-4H3,(H,21,24)(H,22,23). The number of sulfonamides is 1. The highest BCUT2D eigenvalue weighted by molar-refractivity contribution is 7.90. The van der Waals surface area contributed by atoms with Gasteiger partial charge in [-0.05, 0) is 24.3 Å². The normalized spacial score (nSPS) is 10.7. The molecule has 0 unspecified atom stereocenters. The summed E-state index contributed by atoms with van der Waals surface area (Å²) < 4.78 is 42.2. The molecule has 160 valence electrons. The third-order valence-electron chi connectivity index (χ3n) is 3.83. The Morgan fingerprint density at radius 2 is 1.63 bits per heavy atom. The van der Waals surface area contributed by atoms with Gasteiger partial charge in [0.2, 0.25) is 5.75 Å². The number of hydrogen-bond donors (Lipinski definition) is 2. The molecular weight excluding hydrogens is 436 g/mol. The fraction of sp³-hybridized carbons (Fsp3) is 0.158. The summed E-state index contributed by atoms with van der Waals surface area (Å²) >= 11 is 5.95. The van der Waals surface area contributed by atoms with Gasteiger partial charge in [0.25, 0.3) is 21.8 Å². The van der Waals surface area contributed by atoms with Crippen LogP contribution in [-0.2, 0) is 14.8 Å². The van der Waals surface area contributed by atoms with Crippen LogP contribution in [0.15, 0.2) is 47.9 Å². The summed E-state index contributed by atoms with van der Waals surface area (Å²) in [5.74, 6) is -0.584. The van der Waals surface area contributed by atoms with Gasteiger partial charge in [-0.15, -0.1) is 0 Å². The van der Waals surface area contributed by atoms with Crippen molar-refractivity contribution in [2.75, 3.05) is 26.6 Å². The zero-order valence-electron chi connectivity index (χ0n) is 16.3. The number of carbonyl (C=O) groups excluding carboxylic acids is 2. The highest BCUT2D eigenvalue weighted by Gasteiger charge is 2.22. The Bertz CT molecular complexity index is 1080. The number of hydrogen-bond acceptors (Lipinski definition) is 7. The first-order valence-corrected chi connectivity index (χ1v) is 10.1. The van der Waals surface area contributed by atoms with E-state index in [1.165, 1.54) is 45.6 Å². The predicted octanol–water partition coefficient (Wildman–Crippen LogP) is 2.61. The van der Waals surface area contributed by atoms with E-state index in [-0.39, 0.29) is 10.6 Å². The van der Waals surface area contributed by atoms with Crippen molar-refractivity contribution in [3.05, 3.63) is 53.6 Å². The molecule has 2 amide bonds. The van der Waals surface area contributed by atoms with E-state index >= 15 is 0 Å². The fourth-order valence-electron chi connectivity index (χ4n) is 2.44. The fourth-order valence-corrected chi connectivity index (χ4v) is 3.92. The van der Waals surface area contributed by atoms with Crippen molar-refractivity contribution in [2.45, 2.75) is 4.90 Å². The lowest BCUT2D eigenvalue weighted by Crippen LogP contribution is -2.29. The molecule has 2 N–H and O–H groups in total. The first kappa shape index (κ1) is 23.0. The predicted molar refractivity (Wildman–Crippen MR) is 111 cm³/mol. The van der Waals surface area contributed by atoms with Gasteiger partial charge in [0, 0.05) is 23.4 Å². The van der Waals surface area contributed by atoms with Crippen molar-refractivity contribution in [1.82, 2.24) is 4.72 Å². The molecule has 2 rings (SSSR count). The van der Waals surface area contributed by atoms with Crippen LogP contribution in [-0.4, -0.2) is 41.6 Å². The molecular formula is C19H19ClN2O7S. The molecule has 0 aliphatic heterocycles. The average Bonchev–Trinajstić information content (AvgIpc) is 2.72. The molecule has 0 aliphatic carbocycles. The van der Waals surface area contributed by atoms with Crippen molar-refractivity contribution in [3.8, 4) is 17.2 Å². The highest BCUT2D eigenvalue weighted by Crippen LogP contribution is 2.40. The van der Waals surface area contributed by atoms with Gasteiger partial charge in [-0.25, -0.2) is 13.1 Å². The monoisotopic (exact) mass is 454 g/mol. The van der Waals surface area contributed by atoms with Crippen molar-refractivity contribution < 1.29 is 32.2 Å². The van der Waals surface area contributed by atoms with Crippen LogP contribution in [0.3, 0.4) is 0 Å². The summed E-state index contributed by atoms with van der Waals surface area (Å²) in [5.41, 5.74) is 0.299. The van der Waals surface area contributed by atoms with Crippen molar-refractivity contribution >= 4 is 39.1 Å². The summed E-state index contributed by atoms with van der Waals surface area (Å²) in [5, 5.41) is 2.45. The number of halogens is 1. The van der Waals surface area contributed by atoms with Crippen LogP contribution in [0, 0.1) is 0 Å². The van der Waals surface area contributed by atoms with Crippen molar-refractivity contribution in [1.29, 1.82) is 0 Å². The zero-order chi connectivity index (χ0) is 22.5. The number of rotatable bonds is 8. The number of methoxy groups -OCH3 is 3. The van der Waals surface area contributed by atoms with E-state index < -0.39 is 26.7 Å². The third kappa shape index (κ3) is 5.02. The molecule has 2 aromatic carbocycles. The van der Waals surface area contributed by atoms with E-state index in [1.807, 2.05) is 0 Å². The van der Waals surface area contributed by atoms with Crippen LogP contribution in [0.2, 0.25) is 5.02 Å². The number of anilines is 1. The number of nitrogens with one attached hydrogen (secondary N) is 2. The second-order valence-corrected chi connectivity index (χ2v) is 7.75. The molecule has 0 fully saturated rings. The van der Waals surface area contributed by atoms with Gasteiger partial charge >= 0.3 is 0 Å². The second kappa shape index (κ2) is 9.51. The van der Waals surface area contributed by atoms with E-state index in [0.29, 0.717) is 22.9 Å². The van der Waals surface area contributed by atoms with E-state index in [9.17, 15) is 18.0 Å². The molecule has 0 aliphatic rings. The molecule has 9 nitrogen and oxygen atoms in total. The number of carbonyl (C=O) groups is 2. The number of benzene rings is 2. The van der Waals surface area contributed by atoms with Gasteiger partial charge in [-0.2, -0.15) is 0 Å². The Kier molecular flexibility index (Phi) is 7.30. The quantitative estimate of drug-likeness (QED) is 0.588. The summed E-state index contributed by atoms with van der Waals surface area (Å²) in [6.45, 7) is 3.19. The maximum Gasteiger partial charge on any atom is 0.265 e. The minimum Gasteiger partial charge on any atom is -0.493 e. The van der Waals surface area contributed by atoms with Crippen molar-refractivity contribution in [2.24, 2.45) is 0 Å². The highest BCUT2D eigenvalue weighted by atomic mass is 35.5. The van der Waals surface area contributed by atoms with E-state index in [4.69, 9.17) is 25.8 Å². The van der Waals surface area contributed by atoms with E-state index in [1.54, 1.807) is 4.72 Å². The SMILES string of the molecule is C=CC(=O)NS(=O)(=O)c1cc(C(=O)Nc2cc(OC)c(OC)c(OC)c2)ccc1Cl. The summed E-state index contributed by atoms with van der Waals surface area (Å²) in [4.78, 5) is 23.6. The van der Waals surface area contributed by atoms with Crippen LogP contribution in [0.1, 0.15) is 10.4 Å². The van der Waals surface area contributed by atoms with Crippen LogP contribution in [0.5, 0.6) is 17.2 Å². The molecule has 0 saturated heterocycles. The smallest absolute Gasteiger partial charge is 0.265 e. The molecule has 0 radical (unpaired) electrons. The van der Waals surface area contributed by atoms with Gasteiger partial charge < -0.3 is 19.5 Å². The topological polar surface area (TPSA) is 120 Å². The van der Waals surface area contributed by atoms with E-state index in [2.05, 4.69) is 11.9 Å². The Balaban J connectivity index is 2.39. The maximum atomic E-state index is 12.7. The third-order valence-corrected chi connectivity index (χ3v) is 5.65. The largest absolute Gasteiger partial charge is 0.493 e. The molecule has 0 aromatic heterocycles. The molecule has 0 bridgehead atoms. The molecule has 11 heteroatoms. The van der Waals surface area contributed by atoms with Gasteiger partial charge in [-0.1, -0.05) is 18.2 Å². The van der Waals surface area contributed by atoms with Crippen LogP contribution < -0.4 is 24.2 Å².